The first kappa shape index (κ1) is 13.7. The van der Waals surface area contributed by atoms with Gasteiger partial charge in [-0.25, -0.2) is 0 Å². The van der Waals surface area contributed by atoms with Gasteiger partial charge in [0.2, 0.25) is 0 Å². The Morgan fingerprint density at radius 1 is 1.14 bits per heavy atom. The molecule has 0 saturated heterocycles. The third-order valence-corrected chi connectivity index (χ3v) is 3.73. The molecule has 1 aromatic heterocycles. The zero-order valence-electron chi connectivity index (χ0n) is 11.7. The van der Waals surface area contributed by atoms with Gasteiger partial charge in [-0.15, -0.1) is 0 Å². The highest BCUT2D eigenvalue weighted by molar-refractivity contribution is 6.31. The Morgan fingerprint density at radius 2 is 1.90 bits per heavy atom. The third kappa shape index (κ3) is 2.52. The molecule has 0 atom stereocenters. The number of nitrogens with one attached hydrogen (secondary N) is 1. The number of rotatable bonds is 2. The van der Waals surface area contributed by atoms with Crippen LogP contribution in [0.15, 0.2) is 46.9 Å². The van der Waals surface area contributed by atoms with E-state index < -0.39 is 0 Å². The number of hydrogen-bond donors (Lipinski definition) is 1. The molecule has 3 nitrogen and oxygen atoms in total. The molecule has 0 saturated carbocycles. The van der Waals surface area contributed by atoms with Crippen molar-refractivity contribution in [1.82, 2.24) is 0 Å². The van der Waals surface area contributed by atoms with Gasteiger partial charge < -0.3 is 9.73 Å². The van der Waals surface area contributed by atoms with Crippen molar-refractivity contribution in [3.8, 4) is 0 Å². The Kier molecular flexibility index (Phi) is 3.43. The molecule has 0 aliphatic heterocycles. The summed E-state index contributed by atoms with van der Waals surface area (Å²) in [5.74, 6) is 0.0599. The van der Waals surface area contributed by atoms with Crippen LogP contribution in [0.1, 0.15) is 21.7 Å². The number of furan rings is 1. The summed E-state index contributed by atoms with van der Waals surface area (Å²) in [5.41, 5.74) is 3.18. The molecule has 0 aliphatic rings. The summed E-state index contributed by atoms with van der Waals surface area (Å²) in [6.45, 7) is 3.79. The van der Waals surface area contributed by atoms with Crippen LogP contribution in [0.3, 0.4) is 0 Å². The van der Waals surface area contributed by atoms with Crippen LogP contribution in [0, 0.1) is 13.8 Å². The van der Waals surface area contributed by atoms with Gasteiger partial charge in [0.15, 0.2) is 5.76 Å². The first-order valence-electron chi connectivity index (χ1n) is 6.62. The number of para-hydroxylation sites is 1. The molecule has 1 N–H and O–H groups in total. The topological polar surface area (TPSA) is 42.2 Å². The number of aryl methyl sites for hydroxylation is 2. The molecule has 21 heavy (non-hydrogen) atoms. The predicted octanol–water partition coefficient (Wildman–Crippen LogP) is 4.96. The lowest BCUT2D eigenvalue weighted by Crippen LogP contribution is -2.13. The van der Waals surface area contributed by atoms with Gasteiger partial charge in [-0.1, -0.05) is 35.9 Å². The van der Waals surface area contributed by atoms with Crippen molar-refractivity contribution in [2.45, 2.75) is 13.8 Å². The van der Waals surface area contributed by atoms with E-state index in [1.807, 2.05) is 44.2 Å². The van der Waals surface area contributed by atoms with Gasteiger partial charge in [0, 0.05) is 21.7 Å². The maximum absolute atomic E-state index is 12.4. The Hall–Kier alpha value is -2.26. The average Bonchev–Trinajstić information content (AvgIpc) is 2.81. The summed E-state index contributed by atoms with van der Waals surface area (Å²) < 4.78 is 5.66. The highest BCUT2D eigenvalue weighted by Crippen LogP contribution is 2.26. The Balaban J connectivity index is 1.97. The summed E-state index contributed by atoms with van der Waals surface area (Å²) in [5, 5.41) is 4.38. The highest BCUT2D eigenvalue weighted by atomic mass is 35.5. The average molecular weight is 300 g/mol. The molecule has 1 amide bonds. The molecular formula is C17H14ClNO2. The normalized spacial score (nSPS) is 10.8. The minimum absolute atomic E-state index is 0.269. The van der Waals surface area contributed by atoms with Crippen LogP contribution in [0.5, 0.6) is 0 Å². The summed E-state index contributed by atoms with van der Waals surface area (Å²) in [7, 11) is 0. The van der Waals surface area contributed by atoms with Gasteiger partial charge in [0.25, 0.3) is 5.91 Å². The smallest absolute Gasteiger partial charge is 0.291 e. The van der Waals surface area contributed by atoms with Crippen molar-refractivity contribution < 1.29 is 9.21 Å². The number of hydrogen-bond acceptors (Lipinski definition) is 2. The fourth-order valence-electron chi connectivity index (χ4n) is 2.30. The molecule has 4 heteroatoms. The largest absolute Gasteiger partial charge is 0.451 e. The molecule has 0 unspecified atom stereocenters. The van der Waals surface area contributed by atoms with E-state index in [0.29, 0.717) is 22.1 Å². The summed E-state index contributed by atoms with van der Waals surface area (Å²) in [6.07, 6.45) is 0. The molecule has 1 heterocycles. The van der Waals surface area contributed by atoms with Crippen LogP contribution < -0.4 is 5.32 Å². The SMILES string of the molecule is Cc1ccc(Cl)cc1NC(=O)c1oc2ccccc2c1C. The van der Waals surface area contributed by atoms with E-state index in [4.69, 9.17) is 16.0 Å². The van der Waals surface area contributed by atoms with E-state index in [1.54, 1.807) is 12.1 Å². The number of benzene rings is 2. The number of fused-ring (bicyclic) bond motifs is 1. The molecule has 0 fully saturated rings. The number of amides is 1. The van der Waals surface area contributed by atoms with Crippen molar-refractivity contribution in [2.75, 3.05) is 5.32 Å². The van der Waals surface area contributed by atoms with Gasteiger partial charge in [-0.2, -0.15) is 0 Å². The van der Waals surface area contributed by atoms with Crippen LogP contribution in [0.2, 0.25) is 5.02 Å². The van der Waals surface area contributed by atoms with E-state index in [9.17, 15) is 4.79 Å². The number of carbonyl (C=O) groups is 1. The molecular weight excluding hydrogens is 286 g/mol. The van der Waals surface area contributed by atoms with E-state index >= 15 is 0 Å². The van der Waals surface area contributed by atoms with Gasteiger partial charge in [0.05, 0.1) is 0 Å². The highest BCUT2D eigenvalue weighted by Gasteiger charge is 2.18. The van der Waals surface area contributed by atoms with Crippen molar-refractivity contribution >= 4 is 34.2 Å². The monoisotopic (exact) mass is 299 g/mol. The van der Waals surface area contributed by atoms with Crippen molar-refractivity contribution in [3.05, 3.63) is 64.4 Å². The lowest BCUT2D eigenvalue weighted by Gasteiger charge is -2.07. The molecule has 106 valence electrons. The van der Waals surface area contributed by atoms with Gasteiger partial charge in [-0.3, -0.25) is 4.79 Å². The van der Waals surface area contributed by atoms with Crippen LogP contribution in [-0.4, -0.2) is 5.91 Å². The van der Waals surface area contributed by atoms with Gasteiger partial charge in [0.1, 0.15) is 5.58 Å². The Labute approximate surface area is 127 Å². The number of carbonyl (C=O) groups excluding carboxylic acids is 1. The molecule has 0 spiro atoms. The molecule has 3 aromatic rings. The van der Waals surface area contributed by atoms with Crippen LogP contribution in [-0.2, 0) is 0 Å². The van der Waals surface area contributed by atoms with Crippen LogP contribution in [0.25, 0.3) is 11.0 Å². The second-order valence-electron chi connectivity index (χ2n) is 4.97. The Morgan fingerprint density at radius 3 is 2.67 bits per heavy atom. The molecule has 2 aromatic carbocycles. The summed E-state index contributed by atoms with van der Waals surface area (Å²) in [4.78, 5) is 12.4. The molecule has 0 aliphatic carbocycles. The number of anilines is 1. The minimum atomic E-state index is -0.269. The van der Waals surface area contributed by atoms with Crippen LogP contribution in [0.4, 0.5) is 5.69 Å². The minimum Gasteiger partial charge on any atom is -0.451 e. The maximum atomic E-state index is 12.4. The summed E-state index contributed by atoms with van der Waals surface area (Å²) >= 11 is 5.97. The molecule has 0 bridgehead atoms. The fourth-order valence-corrected chi connectivity index (χ4v) is 2.47. The van der Waals surface area contributed by atoms with E-state index in [2.05, 4.69) is 5.32 Å². The second kappa shape index (κ2) is 5.26. The standard InChI is InChI=1S/C17H14ClNO2/c1-10-7-8-12(18)9-14(10)19-17(20)16-11(2)13-5-3-4-6-15(13)21-16/h3-9H,1-2H3,(H,19,20). The zero-order valence-corrected chi connectivity index (χ0v) is 12.5. The zero-order chi connectivity index (χ0) is 15.0. The fraction of sp³-hybridized carbons (Fsp3) is 0.118. The lowest BCUT2D eigenvalue weighted by molar-refractivity contribution is 0.0998. The second-order valence-corrected chi connectivity index (χ2v) is 5.40. The third-order valence-electron chi connectivity index (χ3n) is 3.50. The first-order chi connectivity index (χ1) is 10.1. The van der Waals surface area contributed by atoms with Gasteiger partial charge in [-0.05, 0) is 37.6 Å². The van der Waals surface area contributed by atoms with Crippen molar-refractivity contribution in [1.29, 1.82) is 0 Å². The quantitative estimate of drug-likeness (QED) is 0.727. The van der Waals surface area contributed by atoms with Crippen molar-refractivity contribution in [3.63, 3.8) is 0 Å². The molecule has 0 radical (unpaired) electrons. The van der Waals surface area contributed by atoms with E-state index in [-0.39, 0.29) is 5.91 Å². The van der Waals surface area contributed by atoms with E-state index in [1.165, 1.54) is 0 Å². The lowest BCUT2D eigenvalue weighted by atomic mass is 10.1. The predicted molar refractivity (Wildman–Crippen MR) is 85.1 cm³/mol. The summed E-state index contributed by atoms with van der Waals surface area (Å²) in [6, 6.07) is 13.0. The first-order valence-corrected chi connectivity index (χ1v) is 6.99. The van der Waals surface area contributed by atoms with Crippen molar-refractivity contribution in [2.24, 2.45) is 0 Å². The molecule has 3 rings (SSSR count). The van der Waals surface area contributed by atoms with E-state index in [0.717, 1.165) is 16.5 Å². The van der Waals surface area contributed by atoms with Gasteiger partial charge >= 0.3 is 0 Å². The number of halogens is 1. The van der Waals surface area contributed by atoms with Crippen LogP contribution >= 0.6 is 11.6 Å². The maximum Gasteiger partial charge on any atom is 0.291 e. The Bertz CT molecular complexity index is 836.